The molecule has 6 nitrogen and oxygen atoms in total. The fourth-order valence-corrected chi connectivity index (χ4v) is 4.74. The lowest BCUT2D eigenvalue weighted by atomic mass is 9.98. The highest BCUT2D eigenvalue weighted by Crippen LogP contribution is 2.37. The average molecular weight is 397 g/mol. The summed E-state index contributed by atoms with van der Waals surface area (Å²) in [7, 11) is 0. The molecular formula is C21H24N4O2S. The molecule has 1 aliphatic rings. The van der Waals surface area contributed by atoms with Gasteiger partial charge in [-0.25, -0.2) is 0 Å². The number of carbonyl (C=O) groups is 1. The zero-order valence-corrected chi connectivity index (χ0v) is 16.8. The van der Waals surface area contributed by atoms with Gasteiger partial charge in [0.15, 0.2) is 0 Å². The Labute approximate surface area is 168 Å². The predicted molar refractivity (Wildman–Crippen MR) is 110 cm³/mol. The Morgan fingerprint density at radius 3 is 2.93 bits per heavy atom. The zero-order valence-electron chi connectivity index (χ0n) is 16.0. The van der Waals surface area contributed by atoms with E-state index in [1.54, 1.807) is 6.20 Å². The third-order valence-electron chi connectivity index (χ3n) is 4.97. The third-order valence-corrected chi connectivity index (χ3v) is 6.13. The average Bonchev–Trinajstić information content (AvgIpc) is 3.39. The van der Waals surface area contributed by atoms with Crippen molar-refractivity contribution in [1.29, 1.82) is 0 Å². The molecule has 0 bridgehead atoms. The van der Waals surface area contributed by atoms with Crippen molar-refractivity contribution in [3.05, 3.63) is 53.7 Å². The van der Waals surface area contributed by atoms with E-state index in [2.05, 4.69) is 22.4 Å². The Morgan fingerprint density at radius 2 is 2.18 bits per heavy atom. The van der Waals surface area contributed by atoms with Crippen LogP contribution in [0.2, 0.25) is 0 Å². The molecule has 4 rings (SSSR count). The molecule has 0 spiro atoms. The van der Waals surface area contributed by atoms with Gasteiger partial charge in [0.2, 0.25) is 0 Å². The van der Waals surface area contributed by atoms with Crippen molar-refractivity contribution in [3.8, 4) is 16.2 Å². The van der Waals surface area contributed by atoms with E-state index in [1.165, 1.54) is 11.3 Å². The summed E-state index contributed by atoms with van der Waals surface area (Å²) in [6.07, 6.45) is 5.67. The van der Waals surface area contributed by atoms with E-state index < -0.39 is 0 Å². The number of carbonyl (C=O) groups excluding carboxylic acids is 1. The molecule has 1 amide bonds. The fourth-order valence-electron chi connectivity index (χ4n) is 3.67. The van der Waals surface area contributed by atoms with Gasteiger partial charge in [-0.1, -0.05) is 35.5 Å². The van der Waals surface area contributed by atoms with Crippen LogP contribution in [-0.2, 0) is 6.54 Å². The molecule has 0 saturated carbocycles. The summed E-state index contributed by atoms with van der Waals surface area (Å²) in [5.41, 5.74) is 1.11. The summed E-state index contributed by atoms with van der Waals surface area (Å²) >= 11 is 1.52. The van der Waals surface area contributed by atoms with Crippen LogP contribution in [0, 0.1) is 5.92 Å². The second kappa shape index (κ2) is 8.56. The third kappa shape index (κ3) is 4.09. The van der Waals surface area contributed by atoms with E-state index in [1.807, 2.05) is 47.0 Å². The van der Waals surface area contributed by atoms with Crippen molar-refractivity contribution in [2.75, 3.05) is 19.7 Å². The monoisotopic (exact) mass is 396 g/mol. The molecule has 0 radical (unpaired) electrons. The molecule has 146 valence electrons. The molecule has 7 heteroatoms. The molecule has 1 unspecified atom stereocenters. The van der Waals surface area contributed by atoms with Crippen LogP contribution in [0.25, 0.3) is 10.4 Å². The van der Waals surface area contributed by atoms with E-state index in [0.717, 1.165) is 42.9 Å². The molecule has 3 heterocycles. The normalized spacial score (nSPS) is 16.9. The van der Waals surface area contributed by atoms with Crippen LogP contribution in [0.1, 0.15) is 29.4 Å². The Balaban J connectivity index is 1.53. The van der Waals surface area contributed by atoms with E-state index in [9.17, 15) is 4.79 Å². The Kier molecular flexibility index (Phi) is 5.71. The lowest BCUT2D eigenvalue weighted by Crippen LogP contribution is -2.41. The second-order valence-electron chi connectivity index (χ2n) is 6.99. The van der Waals surface area contributed by atoms with Crippen LogP contribution < -0.4 is 4.74 Å². The van der Waals surface area contributed by atoms with Crippen molar-refractivity contribution >= 4 is 17.2 Å². The summed E-state index contributed by atoms with van der Waals surface area (Å²) < 4.78 is 7.65. The summed E-state index contributed by atoms with van der Waals surface area (Å²) in [4.78, 5) is 17.0. The summed E-state index contributed by atoms with van der Waals surface area (Å²) in [5.74, 6) is 1.15. The highest BCUT2D eigenvalue weighted by atomic mass is 32.1. The molecular weight excluding hydrogens is 372 g/mol. The second-order valence-corrected chi connectivity index (χ2v) is 8.04. The molecule has 2 aromatic heterocycles. The number of likely N-dealkylation sites (tertiary alicyclic amines) is 1. The van der Waals surface area contributed by atoms with Gasteiger partial charge >= 0.3 is 0 Å². The van der Waals surface area contributed by atoms with Crippen LogP contribution >= 0.6 is 11.3 Å². The highest BCUT2D eigenvalue weighted by molar-refractivity contribution is 7.17. The van der Waals surface area contributed by atoms with Gasteiger partial charge in [0.05, 0.1) is 12.8 Å². The smallest absolute Gasteiger partial charge is 0.267 e. The molecule has 28 heavy (non-hydrogen) atoms. The maximum absolute atomic E-state index is 13.3. The van der Waals surface area contributed by atoms with Gasteiger partial charge in [0.1, 0.15) is 10.6 Å². The summed E-state index contributed by atoms with van der Waals surface area (Å²) in [6.45, 7) is 4.81. The molecule has 1 aromatic carbocycles. The fraction of sp³-hybridized carbons (Fsp3) is 0.381. The lowest BCUT2D eigenvalue weighted by Gasteiger charge is -2.32. The Morgan fingerprint density at radius 1 is 1.32 bits per heavy atom. The number of rotatable bonds is 6. The van der Waals surface area contributed by atoms with Crippen LogP contribution in [0.15, 0.2) is 48.8 Å². The van der Waals surface area contributed by atoms with Gasteiger partial charge in [-0.05, 0) is 37.3 Å². The van der Waals surface area contributed by atoms with Gasteiger partial charge in [0.25, 0.3) is 5.91 Å². The van der Waals surface area contributed by atoms with Gasteiger partial charge < -0.3 is 9.64 Å². The molecule has 1 aliphatic heterocycles. The van der Waals surface area contributed by atoms with Gasteiger partial charge in [-0.2, -0.15) is 0 Å². The number of hydrogen-bond acceptors (Lipinski definition) is 5. The maximum atomic E-state index is 13.3. The van der Waals surface area contributed by atoms with Crippen LogP contribution in [-0.4, -0.2) is 45.5 Å². The number of thiophene rings is 1. The number of nitrogens with zero attached hydrogens (tertiary/aromatic N) is 4. The standard InChI is InChI=1S/C21H24N4O2S/c1-2-27-18-13-19(17-8-4-3-5-9-17)28-20(18)21(26)24-11-6-7-16(14-24)15-25-12-10-22-23-25/h3-5,8-10,12-13,16H,2,6-7,11,14-15H2,1H3. The predicted octanol–water partition coefficient (Wildman–Crippen LogP) is 3.96. The zero-order chi connectivity index (χ0) is 19.3. The first-order valence-electron chi connectivity index (χ1n) is 9.70. The van der Waals surface area contributed by atoms with Gasteiger partial charge in [0, 0.05) is 30.7 Å². The number of aromatic nitrogens is 3. The molecule has 0 aliphatic carbocycles. The Bertz CT molecular complexity index is 908. The molecule has 1 fully saturated rings. The van der Waals surface area contributed by atoms with Crippen molar-refractivity contribution in [1.82, 2.24) is 19.9 Å². The molecule has 1 atom stereocenters. The minimum absolute atomic E-state index is 0.0684. The molecule has 3 aromatic rings. The molecule has 0 N–H and O–H groups in total. The van der Waals surface area contributed by atoms with E-state index in [4.69, 9.17) is 4.74 Å². The first-order valence-corrected chi connectivity index (χ1v) is 10.5. The SMILES string of the molecule is CCOc1cc(-c2ccccc2)sc1C(=O)N1CCCC(Cn2ccnn2)C1. The Hall–Kier alpha value is -2.67. The van der Waals surface area contributed by atoms with E-state index in [0.29, 0.717) is 23.2 Å². The van der Waals surface area contributed by atoms with E-state index in [-0.39, 0.29) is 5.91 Å². The highest BCUT2D eigenvalue weighted by Gasteiger charge is 2.28. The van der Waals surface area contributed by atoms with Crippen LogP contribution in [0.5, 0.6) is 5.75 Å². The van der Waals surface area contributed by atoms with Gasteiger partial charge in [-0.15, -0.1) is 16.4 Å². The van der Waals surface area contributed by atoms with Crippen LogP contribution in [0.4, 0.5) is 0 Å². The number of benzene rings is 1. The van der Waals surface area contributed by atoms with Gasteiger partial charge in [-0.3, -0.25) is 9.48 Å². The minimum atomic E-state index is 0.0684. The minimum Gasteiger partial charge on any atom is -0.492 e. The van der Waals surface area contributed by atoms with Crippen molar-refractivity contribution in [2.45, 2.75) is 26.3 Å². The maximum Gasteiger partial charge on any atom is 0.267 e. The van der Waals surface area contributed by atoms with E-state index >= 15 is 0 Å². The topological polar surface area (TPSA) is 60.2 Å². The number of piperidine rings is 1. The first-order chi connectivity index (χ1) is 13.7. The summed E-state index contributed by atoms with van der Waals surface area (Å²) in [6, 6.07) is 12.1. The van der Waals surface area contributed by atoms with Crippen LogP contribution in [0.3, 0.4) is 0 Å². The van der Waals surface area contributed by atoms with Crippen molar-refractivity contribution in [2.24, 2.45) is 5.92 Å². The van der Waals surface area contributed by atoms with Crippen molar-refractivity contribution in [3.63, 3.8) is 0 Å². The number of amides is 1. The van der Waals surface area contributed by atoms with Crippen molar-refractivity contribution < 1.29 is 9.53 Å². The largest absolute Gasteiger partial charge is 0.492 e. The first kappa shape index (κ1) is 18.7. The lowest BCUT2D eigenvalue weighted by molar-refractivity contribution is 0.0660. The molecule has 1 saturated heterocycles. The quantitative estimate of drug-likeness (QED) is 0.633. The number of hydrogen-bond donors (Lipinski definition) is 0. The summed E-state index contributed by atoms with van der Waals surface area (Å²) in [5, 5.41) is 7.93. The number of ether oxygens (including phenoxy) is 1.